The van der Waals surface area contributed by atoms with E-state index in [0.29, 0.717) is 40.9 Å². The van der Waals surface area contributed by atoms with E-state index in [2.05, 4.69) is 0 Å². The van der Waals surface area contributed by atoms with Crippen LogP contribution in [-0.2, 0) is 14.6 Å². The number of carbonyl (C=O) groups excluding carboxylic acids is 1. The Morgan fingerprint density at radius 1 is 1.00 bits per heavy atom. The lowest BCUT2D eigenvalue weighted by atomic mass is 10.1. The van der Waals surface area contributed by atoms with E-state index in [9.17, 15) is 13.2 Å². The minimum absolute atomic E-state index is 0.324. The predicted octanol–water partition coefficient (Wildman–Crippen LogP) is 2.57. The maximum Gasteiger partial charge on any atom is 0.243 e. The molecule has 1 aliphatic heterocycles. The molecule has 1 saturated heterocycles. The number of sulfone groups is 1. The van der Waals surface area contributed by atoms with E-state index >= 15 is 0 Å². The Kier molecular flexibility index (Phi) is 5.88. The summed E-state index contributed by atoms with van der Waals surface area (Å²) >= 11 is 0. The number of ether oxygens (including phenoxy) is 4. The average molecular weight is 421 g/mol. The third-order valence-corrected chi connectivity index (χ3v) is 6.38. The van der Waals surface area contributed by atoms with E-state index in [1.807, 2.05) is 6.92 Å². The van der Waals surface area contributed by atoms with E-state index in [-0.39, 0.29) is 0 Å². The second-order valence-corrected chi connectivity index (χ2v) is 8.37. The lowest BCUT2D eigenvalue weighted by Gasteiger charge is -2.25. The highest BCUT2D eigenvalue weighted by Crippen LogP contribution is 2.45. The Bertz CT molecular complexity index is 977. The van der Waals surface area contributed by atoms with E-state index in [4.69, 9.17) is 18.9 Å². The lowest BCUT2D eigenvalue weighted by Crippen LogP contribution is -2.29. The number of anilines is 1. The molecule has 0 spiro atoms. The van der Waals surface area contributed by atoms with Gasteiger partial charge in [-0.1, -0.05) is 12.1 Å². The maximum atomic E-state index is 12.8. The van der Waals surface area contributed by atoms with Crippen LogP contribution in [0.4, 0.5) is 5.69 Å². The molecule has 0 aliphatic carbocycles. The van der Waals surface area contributed by atoms with Gasteiger partial charge in [-0.25, -0.2) is 8.42 Å². The normalized spacial score (nSPS) is 17.9. The fourth-order valence-electron chi connectivity index (χ4n) is 3.35. The molecule has 8 nitrogen and oxygen atoms in total. The Morgan fingerprint density at radius 3 is 2.07 bits per heavy atom. The Morgan fingerprint density at radius 2 is 1.59 bits per heavy atom. The Hall–Kier alpha value is -2.94. The van der Waals surface area contributed by atoms with Gasteiger partial charge in [0.25, 0.3) is 0 Å². The van der Waals surface area contributed by atoms with Gasteiger partial charge >= 0.3 is 0 Å². The van der Waals surface area contributed by atoms with Crippen molar-refractivity contribution in [2.75, 3.05) is 38.6 Å². The lowest BCUT2D eigenvalue weighted by molar-refractivity contribution is -0.115. The molecule has 0 aromatic heterocycles. The summed E-state index contributed by atoms with van der Waals surface area (Å²) in [7, 11) is 0.626. The van der Waals surface area contributed by atoms with Gasteiger partial charge in [0, 0.05) is 12.1 Å². The summed E-state index contributed by atoms with van der Waals surface area (Å²) in [6.45, 7) is 2.36. The first-order chi connectivity index (χ1) is 13.9. The maximum absolute atomic E-state index is 12.8. The smallest absolute Gasteiger partial charge is 0.243 e. The van der Waals surface area contributed by atoms with E-state index in [1.54, 1.807) is 36.4 Å². The van der Waals surface area contributed by atoms with Crippen LogP contribution in [0.2, 0.25) is 0 Å². The molecule has 1 atom stereocenters. The largest absolute Gasteiger partial charge is 0.494 e. The predicted molar refractivity (Wildman–Crippen MR) is 108 cm³/mol. The summed E-state index contributed by atoms with van der Waals surface area (Å²) in [4.78, 5) is 14.0. The highest BCUT2D eigenvalue weighted by molar-refractivity contribution is 7.93. The first-order valence-electron chi connectivity index (χ1n) is 8.92. The minimum Gasteiger partial charge on any atom is -0.494 e. The average Bonchev–Trinajstić information content (AvgIpc) is 2.95. The minimum atomic E-state index is -3.74. The van der Waals surface area contributed by atoms with Crippen LogP contribution in [0.5, 0.6) is 23.0 Å². The molecule has 0 saturated carbocycles. The van der Waals surface area contributed by atoms with Crippen molar-refractivity contribution in [2.45, 2.75) is 12.3 Å². The molecule has 156 valence electrons. The monoisotopic (exact) mass is 421 g/mol. The van der Waals surface area contributed by atoms with Gasteiger partial charge in [0.05, 0.1) is 33.6 Å². The molecule has 29 heavy (non-hydrogen) atoms. The van der Waals surface area contributed by atoms with Crippen LogP contribution in [0.25, 0.3) is 0 Å². The van der Waals surface area contributed by atoms with E-state index in [0.717, 1.165) is 0 Å². The second-order valence-electron chi connectivity index (χ2n) is 6.31. The van der Waals surface area contributed by atoms with Gasteiger partial charge in [-0.3, -0.25) is 9.69 Å². The molecule has 0 N–H and O–H groups in total. The van der Waals surface area contributed by atoms with Crippen molar-refractivity contribution in [3.63, 3.8) is 0 Å². The summed E-state index contributed by atoms with van der Waals surface area (Å²) in [5.74, 6) is 0.511. The van der Waals surface area contributed by atoms with Crippen molar-refractivity contribution in [3.05, 3.63) is 42.0 Å². The molecular weight excluding hydrogens is 398 g/mol. The van der Waals surface area contributed by atoms with Crippen LogP contribution >= 0.6 is 0 Å². The number of methoxy groups -OCH3 is 3. The number of carbonyl (C=O) groups is 1. The second kappa shape index (κ2) is 8.20. The van der Waals surface area contributed by atoms with Crippen molar-refractivity contribution in [1.82, 2.24) is 0 Å². The van der Waals surface area contributed by atoms with Crippen molar-refractivity contribution >= 4 is 21.4 Å². The van der Waals surface area contributed by atoms with Crippen LogP contribution in [0.3, 0.4) is 0 Å². The molecular formula is C20H23NO7S. The van der Waals surface area contributed by atoms with E-state index < -0.39 is 26.9 Å². The van der Waals surface area contributed by atoms with Crippen molar-refractivity contribution in [3.8, 4) is 23.0 Å². The first-order valence-corrected chi connectivity index (χ1v) is 10.6. The van der Waals surface area contributed by atoms with Crippen molar-refractivity contribution in [2.24, 2.45) is 0 Å². The highest BCUT2D eigenvalue weighted by atomic mass is 32.2. The molecule has 9 heteroatoms. The van der Waals surface area contributed by atoms with Gasteiger partial charge in [-0.05, 0) is 24.6 Å². The molecule has 1 amide bonds. The van der Waals surface area contributed by atoms with E-state index in [1.165, 1.54) is 26.2 Å². The van der Waals surface area contributed by atoms with Gasteiger partial charge in [0.15, 0.2) is 26.7 Å². The fourth-order valence-corrected chi connectivity index (χ4v) is 5.12. The van der Waals surface area contributed by atoms with Crippen LogP contribution in [0.15, 0.2) is 36.4 Å². The SMILES string of the molecule is CCOc1ccc(C2N(c3cc(OC)c(OC)c(OC)c3)C(=O)CS2(=O)=O)cc1. The zero-order valence-electron chi connectivity index (χ0n) is 16.7. The number of amides is 1. The summed E-state index contributed by atoms with van der Waals surface area (Å²) in [6, 6.07) is 9.78. The number of nitrogens with zero attached hydrogens (tertiary/aromatic N) is 1. The fraction of sp³-hybridized carbons (Fsp3) is 0.350. The molecule has 1 fully saturated rings. The zero-order chi connectivity index (χ0) is 21.2. The molecule has 1 unspecified atom stereocenters. The van der Waals surface area contributed by atoms with Crippen LogP contribution in [0.1, 0.15) is 17.9 Å². The third kappa shape index (κ3) is 3.82. The summed E-state index contributed by atoms with van der Waals surface area (Å²) in [5, 5.41) is -1.16. The molecule has 2 aromatic rings. The van der Waals surface area contributed by atoms with Gasteiger partial charge in [-0.15, -0.1) is 0 Å². The molecule has 3 rings (SSSR count). The van der Waals surface area contributed by atoms with Crippen molar-refractivity contribution in [1.29, 1.82) is 0 Å². The van der Waals surface area contributed by atoms with Crippen LogP contribution in [-0.4, -0.2) is 48.0 Å². The molecule has 1 heterocycles. The molecule has 0 bridgehead atoms. The topological polar surface area (TPSA) is 91.4 Å². The Labute approximate surface area is 169 Å². The standard InChI is InChI=1S/C20H23NO7S/c1-5-28-15-8-6-13(7-9-15)20-21(18(22)12-29(20,23)24)14-10-16(25-2)19(27-4)17(11-14)26-3/h6-11,20H,5,12H2,1-4H3. The number of hydrogen-bond donors (Lipinski definition) is 0. The number of rotatable bonds is 7. The molecule has 1 aliphatic rings. The first kappa shape index (κ1) is 20.8. The summed E-state index contributed by atoms with van der Waals surface area (Å²) < 4.78 is 47.0. The highest BCUT2D eigenvalue weighted by Gasteiger charge is 2.46. The Balaban J connectivity index is 2.12. The van der Waals surface area contributed by atoms with Crippen LogP contribution < -0.4 is 23.8 Å². The summed E-state index contributed by atoms with van der Waals surface area (Å²) in [5.41, 5.74) is 0.803. The van der Waals surface area contributed by atoms with Crippen LogP contribution in [0, 0.1) is 0 Å². The van der Waals surface area contributed by atoms with Gasteiger partial charge in [-0.2, -0.15) is 0 Å². The number of hydrogen-bond acceptors (Lipinski definition) is 7. The summed E-state index contributed by atoms with van der Waals surface area (Å²) in [6.07, 6.45) is 0. The van der Waals surface area contributed by atoms with Gasteiger partial charge < -0.3 is 18.9 Å². The molecule has 2 aromatic carbocycles. The van der Waals surface area contributed by atoms with Crippen molar-refractivity contribution < 1.29 is 32.2 Å². The van der Waals surface area contributed by atoms with Gasteiger partial charge in [0.1, 0.15) is 11.5 Å². The quantitative estimate of drug-likeness (QED) is 0.678. The van der Waals surface area contributed by atoms with Gasteiger partial charge in [0.2, 0.25) is 11.7 Å². The third-order valence-electron chi connectivity index (χ3n) is 4.57. The molecule has 0 radical (unpaired) electrons. The number of benzene rings is 2. The zero-order valence-corrected chi connectivity index (χ0v) is 17.5.